The average Bonchev–Trinajstić information content (AvgIpc) is 3.08. The SMILES string of the molecule is O=C(NC[C@@H](OCCO)c1ccsc1)c1cccc(C(F)(F)F)c1. The maximum atomic E-state index is 12.7. The summed E-state index contributed by atoms with van der Waals surface area (Å²) in [4.78, 5) is 12.1. The number of thiophene rings is 1. The average molecular weight is 359 g/mol. The molecule has 4 nitrogen and oxygen atoms in total. The number of amides is 1. The van der Waals surface area contributed by atoms with Crippen LogP contribution in [0, 0.1) is 0 Å². The number of alkyl halides is 3. The van der Waals surface area contributed by atoms with Crippen LogP contribution in [0.1, 0.15) is 27.6 Å². The highest BCUT2D eigenvalue weighted by Crippen LogP contribution is 2.29. The summed E-state index contributed by atoms with van der Waals surface area (Å²) >= 11 is 1.46. The fourth-order valence-corrected chi connectivity index (χ4v) is 2.75. The molecule has 0 saturated heterocycles. The van der Waals surface area contributed by atoms with E-state index in [1.807, 2.05) is 16.8 Å². The summed E-state index contributed by atoms with van der Waals surface area (Å²) < 4.78 is 43.6. The van der Waals surface area contributed by atoms with E-state index in [0.717, 1.165) is 17.7 Å². The highest BCUT2D eigenvalue weighted by molar-refractivity contribution is 7.07. The number of ether oxygens (including phenoxy) is 1. The van der Waals surface area contributed by atoms with Crippen LogP contribution in [0.25, 0.3) is 0 Å². The van der Waals surface area contributed by atoms with E-state index in [9.17, 15) is 18.0 Å². The van der Waals surface area contributed by atoms with E-state index in [-0.39, 0.29) is 25.3 Å². The van der Waals surface area contributed by atoms with Gasteiger partial charge in [0.05, 0.1) is 18.8 Å². The molecule has 0 aliphatic heterocycles. The Morgan fingerprint density at radius 2 is 2.12 bits per heavy atom. The maximum absolute atomic E-state index is 12.7. The minimum Gasteiger partial charge on any atom is -0.394 e. The Hall–Kier alpha value is -1.90. The smallest absolute Gasteiger partial charge is 0.394 e. The zero-order valence-electron chi connectivity index (χ0n) is 12.5. The summed E-state index contributed by atoms with van der Waals surface area (Å²) in [6.45, 7) is 0.0218. The molecule has 0 fully saturated rings. The quantitative estimate of drug-likeness (QED) is 0.798. The Labute approximate surface area is 140 Å². The van der Waals surface area contributed by atoms with Crippen LogP contribution in [-0.4, -0.2) is 30.8 Å². The summed E-state index contributed by atoms with van der Waals surface area (Å²) in [6, 6.07) is 6.05. The lowest BCUT2D eigenvalue weighted by Gasteiger charge is -2.17. The van der Waals surface area contributed by atoms with E-state index < -0.39 is 23.8 Å². The van der Waals surface area contributed by atoms with Crippen molar-refractivity contribution in [2.75, 3.05) is 19.8 Å². The lowest BCUT2D eigenvalue weighted by Crippen LogP contribution is -2.30. The number of nitrogens with one attached hydrogen (secondary N) is 1. The molecule has 0 aliphatic carbocycles. The van der Waals surface area contributed by atoms with Crippen molar-refractivity contribution in [2.24, 2.45) is 0 Å². The first-order valence-corrected chi connectivity index (χ1v) is 8.06. The fourth-order valence-electron chi connectivity index (χ4n) is 2.05. The van der Waals surface area contributed by atoms with Crippen molar-refractivity contribution >= 4 is 17.2 Å². The lowest BCUT2D eigenvalue weighted by atomic mass is 10.1. The Bertz CT molecular complexity index is 659. The monoisotopic (exact) mass is 359 g/mol. The second-order valence-corrected chi connectivity index (χ2v) is 5.71. The first-order valence-electron chi connectivity index (χ1n) is 7.12. The number of hydrogen-bond acceptors (Lipinski definition) is 4. The molecule has 0 unspecified atom stereocenters. The summed E-state index contributed by atoms with van der Waals surface area (Å²) in [6.07, 6.45) is -4.97. The van der Waals surface area contributed by atoms with E-state index in [1.165, 1.54) is 23.5 Å². The summed E-state index contributed by atoms with van der Waals surface area (Å²) in [5, 5.41) is 15.1. The van der Waals surface area contributed by atoms with Gasteiger partial charge >= 0.3 is 6.18 Å². The van der Waals surface area contributed by atoms with Gasteiger partial charge in [0, 0.05) is 12.1 Å². The van der Waals surface area contributed by atoms with E-state index in [0.29, 0.717) is 0 Å². The standard InChI is InChI=1S/C16H16F3NO3S/c17-16(18,19)13-3-1-2-11(8-13)15(22)20-9-14(23-6-5-21)12-4-7-24-10-12/h1-4,7-8,10,14,21H,5-6,9H2,(H,20,22)/t14-/m1/s1. The summed E-state index contributed by atoms with van der Waals surface area (Å²) in [7, 11) is 0. The van der Waals surface area contributed by atoms with Gasteiger partial charge in [0.2, 0.25) is 0 Å². The second-order valence-electron chi connectivity index (χ2n) is 4.93. The van der Waals surface area contributed by atoms with Crippen LogP contribution in [0.15, 0.2) is 41.1 Å². The molecule has 2 aromatic rings. The first-order chi connectivity index (χ1) is 11.4. The summed E-state index contributed by atoms with van der Waals surface area (Å²) in [5.41, 5.74) is -0.116. The number of hydrogen-bond donors (Lipinski definition) is 2. The zero-order chi connectivity index (χ0) is 17.6. The molecule has 0 bridgehead atoms. The molecule has 130 valence electrons. The third-order valence-electron chi connectivity index (χ3n) is 3.23. The predicted molar refractivity (Wildman–Crippen MR) is 83.9 cm³/mol. The molecule has 0 radical (unpaired) electrons. The van der Waals surface area contributed by atoms with Gasteiger partial charge in [0.25, 0.3) is 5.91 Å². The Balaban J connectivity index is 2.03. The van der Waals surface area contributed by atoms with Crippen LogP contribution in [0.2, 0.25) is 0 Å². The van der Waals surface area contributed by atoms with Gasteiger partial charge in [-0.2, -0.15) is 24.5 Å². The van der Waals surface area contributed by atoms with Crippen LogP contribution in [-0.2, 0) is 10.9 Å². The van der Waals surface area contributed by atoms with Gasteiger partial charge in [-0.15, -0.1) is 0 Å². The fraction of sp³-hybridized carbons (Fsp3) is 0.312. The topological polar surface area (TPSA) is 58.6 Å². The van der Waals surface area contributed by atoms with Crippen molar-refractivity contribution in [1.29, 1.82) is 0 Å². The first kappa shape index (κ1) is 18.4. The highest BCUT2D eigenvalue weighted by atomic mass is 32.1. The molecule has 0 saturated carbocycles. The number of rotatable bonds is 7. The van der Waals surface area contributed by atoms with Gasteiger partial charge in [-0.3, -0.25) is 4.79 Å². The molecule has 1 aromatic heterocycles. The summed E-state index contributed by atoms with van der Waals surface area (Å²) in [5.74, 6) is -0.617. The predicted octanol–water partition coefficient (Wildman–Crippen LogP) is 3.25. The van der Waals surface area contributed by atoms with Crippen LogP contribution in [0.5, 0.6) is 0 Å². The van der Waals surface area contributed by atoms with Crippen molar-refractivity contribution in [1.82, 2.24) is 5.32 Å². The lowest BCUT2D eigenvalue weighted by molar-refractivity contribution is -0.137. The van der Waals surface area contributed by atoms with Gasteiger partial charge in [0.15, 0.2) is 0 Å². The van der Waals surface area contributed by atoms with Crippen LogP contribution >= 0.6 is 11.3 Å². The molecule has 1 amide bonds. The van der Waals surface area contributed by atoms with E-state index in [1.54, 1.807) is 0 Å². The molecular weight excluding hydrogens is 343 g/mol. The molecule has 2 N–H and O–H groups in total. The van der Waals surface area contributed by atoms with E-state index in [4.69, 9.17) is 9.84 Å². The molecule has 0 aliphatic rings. The van der Waals surface area contributed by atoms with Gasteiger partial charge < -0.3 is 15.2 Å². The van der Waals surface area contributed by atoms with Gasteiger partial charge in [-0.1, -0.05) is 6.07 Å². The van der Waals surface area contributed by atoms with Gasteiger partial charge in [0.1, 0.15) is 6.10 Å². The zero-order valence-corrected chi connectivity index (χ0v) is 13.4. The van der Waals surface area contributed by atoms with E-state index in [2.05, 4.69) is 5.32 Å². The number of halogens is 3. The minimum absolute atomic E-state index is 0.0731. The molecule has 1 atom stereocenters. The molecule has 8 heteroatoms. The third-order valence-corrected chi connectivity index (χ3v) is 3.93. The molecule has 2 rings (SSSR count). The second kappa shape index (κ2) is 8.27. The van der Waals surface area contributed by atoms with E-state index >= 15 is 0 Å². The molecule has 1 heterocycles. The van der Waals surface area contributed by atoms with Crippen LogP contribution < -0.4 is 5.32 Å². The Morgan fingerprint density at radius 1 is 1.33 bits per heavy atom. The van der Waals surface area contributed by atoms with Crippen LogP contribution in [0.3, 0.4) is 0 Å². The van der Waals surface area contributed by atoms with Gasteiger partial charge in [-0.25, -0.2) is 0 Å². The number of benzene rings is 1. The van der Waals surface area contributed by atoms with Crippen molar-refractivity contribution in [3.63, 3.8) is 0 Å². The maximum Gasteiger partial charge on any atom is 0.416 e. The van der Waals surface area contributed by atoms with Crippen molar-refractivity contribution in [2.45, 2.75) is 12.3 Å². The Kier molecular flexibility index (Phi) is 6.36. The van der Waals surface area contributed by atoms with Crippen molar-refractivity contribution in [3.05, 3.63) is 57.8 Å². The van der Waals surface area contributed by atoms with Crippen LogP contribution in [0.4, 0.5) is 13.2 Å². The number of aliphatic hydroxyl groups excluding tert-OH is 1. The normalized spacial score (nSPS) is 12.8. The molecule has 24 heavy (non-hydrogen) atoms. The molecular formula is C16H16F3NO3S. The largest absolute Gasteiger partial charge is 0.416 e. The molecule has 0 spiro atoms. The van der Waals surface area contributed by atoms with Crippen molar-refractivity contribution < 1.29 is 27.8 Å². The van der Waals surface area contributed by atoms with Gasteiger partial charge in [-0.05, 0) is 40.6 Å². The minimum atomic E-state index is -4.50. The number of carbonyl (C=O) groups is 1. The van der Waals surface area contributed by atoms with Crippen molar-refractivity contribution in [3.8, 4) is 0 Å². The Morgan fingerprint density at radius 3 is 2.75 bits per heavy atom. The highest BCUT2D eigenvalue weighted by Gasteiger charge is 2.30. The number of aliphatic hydroxyl groups is 1. The third kappa shape index (κ3) is 5.05. The number of carbonyl (C=O) groups excluding carboxylic acids is 1. The molecule has 1 aromatic carbocycles.